The molecule has 1 saturated heterocycles. The van der Waals surface area contributed by atoms with Gasteiger partial charge in [-0.25, -0.2) is 0 Å². The van der Waals surface area contributed by atoms with Crippen LogP contribution in [-0.4, -0.2) is 55.8 Å². The third kappa shape index (κ3) is 4.10. The third-order valence-electron chi connectivity index (χ3n) is 6.96. The molecule has 1 amide bonds. The van der Waals surface area contributed by atoms with Crippen molar-refractivity contribution < 1.29 is 19.2 Å². The molecule has 0 saturated carbocycles. The number of hydrogen-bond donors (Lipinski definition) is 1. The summed E-state index contributed by atoms with van der Waals surface area (Å²) >= 11 is 0. The number of carbonyl (C=O) groups is 1. The fourth-order valence-corrected chi connectivity index (χ4v) is 5.16. The molecule has 0 aliphatic carbocycles. The highest BCUT2D eigenvalue weighted by atomic mass is 16.5. The largest absolute Gasteiger partial charge is 0.497 e. The second-order valence-electron chi connectivity index (χ2n) is 8.93. The van der Waals surface area contributed by atoms with Gasteiger partial charge in [0.1, 0.15) is 18.0 Å². The lowest BCUT2D eigenvalue weighted by Crippen LogP contribution is -3.13. The first-order valence-corrected chi connectivity index (χ1v) is 12.0. The molecular weight excluding hydrogens is 426 g/mol. The van der Waals surface area contributed by atoms with Gasteiger partial charge in [0.15, 0.2) is 0 Å². The fraction of sp³-hybridized carbons (Fsp3) is 0.321. The van der Waals surface area contributed by atoms with Crippen LogP contribution in [0.1, 0.15) is 22.8 Å². The molecule has 0 spiro atoms. The van der Waals surface area contributed by atoms with Crippen molar-refractivity contribution in [1.29, 1.82) is 0 Å². The van der Waals surface area contributed by atoms with E-state index in [4.69, 9.17) is 9.47 Å². The van der Waals surface area contributed by atoms with E-state index < -0.39 is 0 Å². The number of benzene rings is 3. The summed E-state index contributed by atoms with van der Waals surface area (Å²) < 4.78 is 13.0. The van der Waals surface area contributed by atoms with E-state index in [9.17, 15) is 4.79 Å². The lowest BCUT2D eigenvalue weighted by Gasteiger charge is -2.32. The highest BCUT2D eigenvalue weighted by Crippen LogP contribution is 2.29. The number of nitrogens with one attached hydrogen (secondary N) is 1. The Hall–Kier alpha value is -3.51. The number of aryl methyl sites for hydroxylation is 1. The Labute approximate surface area is 200 Å². The minimum atomic E-state index is 0.0324. The molecule has 1 fully saturated rings. The number of para-hydroxylation sites is 1. The van der Waals surface area contributed by atoms with Gasteiger partial charge in [0.2, 0.25) is 0 Å². The molecule has 0 radical (unpaired) electrons. The van der Waals surface area contributed by atoms with Gasteiger partial charge in [-0.15, -0.1) is 0 Å². The number of methoxy groups -OCH3 is 2. The number of quaternary nitrogens is 1. The van der Waals surface area contributed by atoms with Crippen molar-refractivity contribution in [3.05, 3.63) is 71.8 Å². The average molecular weight is 459 g/mol. The Kier molecular flexibility index (Phi) is 6.16. The van der Waals surface area contributed by atoms with E-state index in [-0.39, 0.29) is 5.91 Å². The van der Waals surface area contributed by atoms with Gasteiger partial charge >= 0.3 is 0 Å². The maximum Gasteiger partial charge on any atom is 0.254 e. The average Bonchev–Trinajstić information content (AvgIpc) is 3.21. The first-order valence-electron chi connectivity index (χ1n) is 12.0. The topological polar surface area (TPSA) is 48.1 Å². The van der Waals surface area contributed by atoms with Gasteiger partial charge in [-0.3, -0.25) is 4.79 Å². The van der Waals surface area contributed by atoms with E-state index >= 15 is 0 Å². The van der Waals surface area contributed by atoms with Crippen molar-refractivity contribution in [2.75, 3.05) is 40.4 Å². The zero-order chi connectivity index (χ0) is 23.7. The molecule has 6 nitrogen and oxygen atoms in total. The van der Waals surface area contributed by atoms with E-state index in [1.165, 1.54) is 32.3 Å². The molecule has 1 aliphatic rings. The summed E-state index contributed by atoms with van der Waals surface area (Å²) in [6.45, 7) is 7.48. The van der Waals surface area contributed by atoms with Gasteiger partial charge in [-0.2, -0.15) is 0 Å². The van der Waals surface area contributed by atoms with E-state index in [0.29, 0.717) is 17.1 Å². The third-order valence-corrected chi connectivity index (χ3v) is 6.96. The number of ether oxygens (including phenoxy) is 2. The van der Waals surface area contributed by atoms with E-state index in [1.54, 1.807) is 32.4 Å². The summed E-state index contributed by atoms with van der Waals surface area (Å²) in [5.41, 5.74) is 4.55. The van der Waals surface area contributed by atoms with Crippen LogP contribution >= 0.6 is 0 Å². The molecule has 1 aliphatic heterocycles. The van der Waals surface area contributed by atoms with Crippen LogP contribution in [0.4, 0.5) is 0 Å². The molecule has 0 unspecified atom stereocenters. The maximum atomic E-state index is 13.1. The van der Waals surface area contributed by atoms with Gasteiger partial charge in [0.05, 0.1) is 40.4 Å². The number of fused-ring (bicyclic) bond motifs is 3. The lowest BCUT2D eigenvalue weighted by molar-refractivity contribution is -0.917. The Morgan fingerprint density at radius 3 is 2.24 bits per heavy atom. The molecule has 1 aromatic heterocycles. The van der Waals surface area contributed by atoms with E-state index in [2.05, 4.69) is 54.0 Å². The van der Waals surface area contributed by atoms with Crippen LogP contribution in [0.15, 0.2) is 60.7 Å². The van der Waals surface area contributed by atoms with Crippen LogP contribution in [0.2, 0.25) is 0 Å². The van der Waals surface area contributed by atoms with E-state index in [1.807, 2.05) is 4.90 Å². The Morgan fingerprint density at radius 1 is 0.882 bits per heavy atom. The molecule has 176 valence electrons. The van der Waals surface area contributed by atoms with Crippen molar-refractivity contribution in [3.8, 4) is 11.5 Å². The normalized spacial score (nSPS) is 14.6. The number of amides is 1. The second kappa shape index (κ2) is 9.39. The minimum Gasteiger partial charge on any atom is -0.497 e. The van der Waals surface area contributed by atoms with Crippen LogP contribution in [0.5, 0.6) is 11.5 Å². The first kappa shape index (κ1) is 22.3. The summed E-state index contributed by atoms with van der Waals surface area (Å²) in [6, 6.07) is 20.9. The van der Waals surface area contributed by atoms with Crippen molar-refractivity contribution in [2.45, 2.75) is 20.0 Å². The van der Waals surface area contributed by atoms with Crippen molar-refractivity contribution in [3.63, 3.8) is 0 Å². The van der Waals surface area contributed by atoms with Crippen LogP contribution in [0, 0.1) is 0 Å². The zero-order valence-electron chi connectivity index (χ0n) is 20.1. The quantitative estimate of drug-likeness (QED) is 0.482. The van der Waals surface area contributed by atoms with Crippen LogP contribution in [-0.2, 0) is 13.1 Å². The summed E-state index contributed by atoms with van der Waals surface area (Å²) in [7, 11) is 3.20. The molecule has 6 heteroatoms. The number of rotatable bonds is 6. The van der Waals surface area contributed by atoms with Crippen LogP contribution in [0.25, 0.3) is 21.8 Å². The fourth-order valence-electron chi connectivity index (χ4n) is 5.16. The predicted molar refractivity (Wildman–Crippen MR) is 135 cm³/mol. The zero-order valence-corrected chi connectivity index (χ0v) is 20.1. The number of hydrogen-bond acceptors (Lipinski definition) is 3. The summed E-state index contributed by atoms with van der Waals surface area (Å²) in [4.78, 5) is 16.6. The Balaban J connectivity index is 1.28. The Bertz CT molecular complexity index is 1310. The standard InChI is InChI=1S/C28H31N3O3/c1-4-31-26-8-6-5-7-24(26)25-15-20(9-10-27(25)31)19-29-11-13-30(14-12-29)28(32)21-16-22(33-2)18-23(17-21)34-3/h5-10,15-18H,4,11-14,19H2,1-3H3/p+1. The monoisotopic (exact) mass is 458 g/mol. The molecule has 5 rings (SSSR count). The molecule has 4 aromatic rings. The highest BCUT2D eigenvalue weighted by molar-refractivity contribution is 6.08. The Morgan fingerprint density at radius 2 is 1.56 bits per heavy atom. The second-order valence-corrected chi connectivity index (χ2v) is 8.93. The molecule has 1 N–H and O–H groups in total. The maximum absolute atomic E-state index is 13.1. The number of carbonyl (C=O) groups excluding carboxylic acids is 1. The molecule has 0 atom stereocenters. The SMILES string of the molecule is CCn1c2ccccc2c2cc(C[NH+]3CCN(C(=O)c4cc(OC)cc(OC)c4)CC3)ccc21. The van der Waals surface area contributed by atoms with Crippen molar-refractivity contribution >= 4 is 27.7 Å². The summed E-state index contributed by atoms with van der Waals surface area (Å²) in [5, 5.41) is 2.65. The molecule has 34 heavy (non-hydrogen) atoms. The first-order chi connectivity index (χ1) is 16.6. The molecular formula is C28H32N3O3+. The van der Waals surface area contributed by atoms with Gasteiger partial charge in [0, 0.05) is 45.5 Å². The van der Waals surface area contributed by atoms with Crippen LogP contribution in [0.3, 0.4) is 0 Å². The predicted octanol–water partition coefficient (Wildman–Crippen LogP) is 3.37. The van der Waals surface area contributed by atoms with Gasteiger partial charge in [-0.1, -0.05) is 24.3 Å². The highest BCUT2D eigenvalue weighted by Gasteiger charge is 2.25. The molecule has 3 aromatic carbocycles. The van der Waals surface area contributed by atoms with Crippen molar-refractivity contribution in [2.24, 2.45) is 0 Å². The minimum absolute atomic E-state index is 0.0324. The summed E-state index contributed by atoms with van der Waals surface area (Å²) in [5.74, 6) is 1.30. The molecule has 0 bridgehead atoms. The summed E-state index contributed by atoms with van der Waals surface area (Å²) in [6.07, 6.45) is 0. The van der Waals surface area contributed by atoms with Gasteiger partial charge < -0.3 is 23.8 Å². The van der Waals surface area contributed by atoms with Gasteiger partial charge in [-0.05, 0) is 37.3 Å². The van der Waals surface area contributed by atoms with Crippen LogP contribution < -0.4 is 14.4 Å². The smallest absolute Gasteiger partial charge is 0.254 e. The molecule has 2 heterocycles. The number of piperazine rings is 1. The van der Waals surface area contributed by atoms with Crippen molar-refractivity contribution in [1.82, 2.24) is 9.47 Å². The van der Waals surface area contributed by atoms with Gasteiger partial charge in [0.25, 0.3) is 5.91 Å². The number of nitrogens with zero attached hydrogens (tertiary/aromatic N) is 2. The lowest BCUT2D eigenvalue weighted by atomic mass is 10.1. The number of aromatic nitrogens is 1. The van der Waals surface area contributed by atoms with E-state index in [0.717, 1.165) is 39.3 Å².